The number of halogens is 1. The van der Waals surface area contributed by atoms with Crippen molar-refractivity contribution in [2.24, 2.45) is 0 Å². The summed E-state index contributed by atoms with van der Waals surface area (Å²) in [6.45, 7) is 2.96. The third kappa shape index (κ3) is 2.39. The predicted octanol–water partition coefficient (Wildman–Crippen LogP) is 3.43. The van der Waals surface area contributed by atoms with E-state index in [-0.39, 0.29) is 0 Å². The Bertz CT molecular complexity index is 534. The van der Waals surface area contributed by atoms with E-state index in [1.807, 2.05) is 16.8 Å². The van der Waals surface area contributed by atoms with Crippen molar-refractivity contribution in [2.45, 2.75) is 19.9 Å². The molecular formula is C13H13ClN2O. The van der Waals surface area contributed by atoms with Crippen molar-refractivity contribution in [2.75, 3.05) is 0 Å². The number of nitrogens with zero attached hydrogens (tertiary/aromatic N) is 2. The average molecular weight is 249 g/mol. The molecule has 0 fully saturated rings. The lowest BCUT2D eigenvalue weighted by molar-refractivity contribution is 0.112. The SMILES string of the molecule is CCCn1nccc1-c1ccc(C=O)cc1Cl. The summed E-state index contributed by atoms with van der Waals surface area (Å²) in [5.41, 5.74) is 2.47. The molecule has 1 aromatic carbocycles. The molecule has 88 valence electrons. The van der Waals surface area contributed by atoms with Gasteiger partial charge in [0.25, 0.3) is 0 Å². The molecule has 2 rings (SSSR count). The Morgan fingerprint density at radius 3 is 2.88 bits per heavy atom. The molecule has 0 spiro atoms. The summed E-state index contributed by atoms with van der Waals surface area (Å²) in [6.07, 6.45) is 3.56. The summed E-state index contributed by atoms with van der Waals surface area (Å²) in [6, 6.07) is 7.22. The van der Waals surface area contributed by atoms with Crippen molar-refractivity contribution in [3.05, 3.63) is 41.0 Å². The van der Waals surface area contributed by atoms with Crippen LogP contribution in [-0.2, 0) is 6.54 Å². The highest BCUT2D eigenvalue weighted by molar-refractivity contribution is 6.33. The van der Waals surface area contributed by atoms with Crippen molar-refractivity contribution in [3.63, 3.8) is 0 Å². The highest BCUT2D eigenvalue weighted by Gasteiger charge is 2.09. The maximum atomic E-state index is 10.6. The fourth-order valence-electron chi connectivity index (χ4n) is 1.76. The van der Waals surface area contributed by atoms with Crippen LogP contribution in [0.2, 0.25) is 5.02 Å². The van der Waals surface area contributed by atoms with E-state index in [2.05, 4.69) is 12.0 Å². The van der Waals surface area contributed by atoms with Crippen molar-refractivity contribution >= 4 is 17.9 Å². The van der Waals surface area contributed by atoms with Gasteiger partial charge < -0.3 is 0 Å². The van der Waals surface area contributed by atoms with E-state index in [1.54, 1.807) is 18.3 Å². The van der Waals surface area contributed by atoms with Crippen LogP contribution in [0.5, 0.6) is 0 Å². The molecule has 1 aromatic heterocycles. The largest absolute Gasteiger partial charge is 0.298 e. The molecule has 0 amide bonds. The van der Waals surface area contributed by atoms with Gasteiger partial charge in [0.1, 0.15) is 6.29 Å². The smallest absolute Gasteiger partial charge is 0.150 e. The second kappa shape index (κ2) is 5.15. The number of carbonyl (C=O) groups is 1. The zero-order valence-corrected chi connectivity index (χ0v) is 10.3. The molecule has 0 saturated carbocycles. The van der Waals surface area contributed by atoms with Gasteiger partial charge in [-0.1, -0.05) is 30.7 Å². The van der Waals surface area contributed by atoms with Crippen molar-refractivity contribution < 1.29 is 4.79 Å². The van der Waals surface area contributed by atoms with Gasteiger partial charge >= 0.3 is 0 Å². The van der Waals surface area contributed by atoms with Gasteiger partial charge in [-0.25, -0.2) is 0 Å². The van der Waals surface area contributed by atoms with Crippen LogP contribution in [0, 0.1) is 0 Å². The van der Waals surface area contributed by atoms with Crippen LogP contribution in [0.1, 0.15) is 23.7 Å². The van der Waals surface area contributed by atoms with Gasteiger partial charge in [-0.05, 0) is 18.6 Å². The van der Waals surface area contributed by atoms with Crippen LogP contribution in [0.15, 0.2) is 30.5 Å². The van der Waals surface area contributed by atoms with E-state index in [0.29, 0.717) is 10.6 Å². The Balaban J connectivity index is 2.45. The minimum absolute atomic E-state index is 0.576. The molecule has 4 heteroatoms. The zero-order valence-electron chi connectivity index (χ0n) is 9.56. The summed E-state index contributed by atoms with van der Waals surface area (Å²) in [5.74, 6) is 0. The molecular weight excluding hydrogens is 236 g/mol. The van der Waals surface area contributed by atoms with Gasteiger partial charge in [-0.2, -0.15) is 5.10 Å². The molecule has 3 nitrogen and oxygen atoms in total. The molecule has 0 aliphatic heterocycles. The van der Waals surface area contributed by atoms with Gasteiger partial charge in [-0.15, -0.1) is 0 Å². The van der Waals surface area contributed by atoms with E-state index in [9.17, 15) is 4.79 Å². The molecule has 0 aliphatic carbocycles. The lowest BCUT2D eigenvalue weighted by Crippen LogP contribution is -2.01. The van der Waals surface area contributed by atoms with Crippen LogP contribution in [0.25, 0.3) is 11.3 Å². The quantitative estimate of drug-likeness (QED) is 0.777. The first-order chi connectivity index (χ1) is 8.26. The molecule has 0 atom stereocenters. The second-order valence-corrected chi connectivity index (χ2v) is 4.20. The first kappa shape index (κ1) is 11.9. The highest BCUT2D eigenvalue weighted by atomic mass is 35.5. The molecule has 2 aromatic rings. The van der Waals surface area contributed by atoms with Gasteiger partial charge in [0, 0.05) is 23.9 Å². The topological polar surface area (TPSA) is 34.9 Å². The second-order valence-electron chi connectivity index (χ2n) is 3.80. The standard InChI is InChI=1S/C13H13ClN2O/c1-2-7-16-13(5-6-15-16)11-4-3-10(9-17)8-12(11)14/h3-6,8-9H,2,7H2,1H3. The Morgan fingerprint density at radius 1 is 1.41 bits per heavy atom. The fourth-order valence-corrected chi connectivity index (χ4v) is 2.05. The number of carbonyl (C=O) groups excluding carboxylic acids is 1. The summed E-state index contributed by atoms with van der Waals surface area (Å²) >= 11 is 6.17. The van der Waals surface area contributed by atoms with E-state index in [1.165, 1.54) is 0 Å². The molecule has 0 aliphatic rings. The van der Waals surface area contributed by atoms with Crippen molar-refractivity contribution in [3.8, 4) is 11.3 Å². The Morgan fingerprint density at radius 2 is 2.24 bits per heavy atom. The molecule has 0 bridgehead atoms. The molecule has 0 N–H and O–H groups in total. The summed E-state index contributed by atoms with van der Waals surface area (Å²) < 4.78 is 1.92. The lowest BCUT2D eigenvalue weighted by Gasteiger charge is -2.08. The van der Waals surface area contributed by atoms with Gasteiger partial charge in [0.05, 0.1) is 10.7 Å². The number of aldehydes is 1. The van der Waals surface area contributed by atoms with E-state index in [0.717, 1.165) is 30.5 Å². The Hall–Kier alpha value is -1.61. The summed E-state index contributed by atoms with van der Waals surface area (Å²) in [4.78, 5) is 10.6. The monoisotopic (exact) mass is 248 g/mol. The normalized spacial score (nSPS) is 10.5. The van der Waals surface area contributed by atoms with Crippen LogP contribution in [0.4, 0.5) is 0 Å². The number of hydrogen-bond donors (Lipinski definition) is 0. The number of rotatable bonds is 4. The van der Waals surface area contributed by atoms with Gasteiger partial charge in [0.2, 0.25) is 0 Å². The van der Waals surface area contributed by atoms with Gasteiger partial charge in [-0.3, -0.25) is 9.48 Å². The molecule has 17 heavy (non-hydrogen) atoms. The predicted molar refractivity (Wildman–Crippen MR) is 68.4 cm³/mol. The lowest BCUT2D eigenvalue weighted by atomic mass is 10.1. The molecule has 1 heterocycles. The Kier molecular flexibility index (Phi) is 3.59. The van der Waals surface area contributed by atoms with Gasteiger partial charge in [0.15, 0.2) is 0 Å². The van der Waals surface area contributed by atoms with Crippen LogP contribution >= 0.6 is 11.6 Å². The maximum Gasteiger partial charge on any atom is 0.150 e. The number of aromatic nitrogens is 2. The van der Waals surface area contributed by atoms with Crippen molar-refractivity contribution in [1.29, 1.82) is 0 Å². The number of benzene rings is 1. The van der Waals surface area contributed by atoms with E-state index < -0.39 is 0 Å². The molecule has 0 saturated heterocycles. The van der Waals surface area contributed by atoms with E-state index in [4.69, 9.17) is 11.6 Å². The minimum Gasteiger partial charge on any atom is -0.298 e. The summed E-state index contributed by atoms with van der Waals surface area (Å²) in [5, 5.41) is 4.83. The number of hydrogen-bond acceptors (Lipinski definition) is 2. The fraction of sp³-hybridized carbons (Fsp3) is 0.231. The van der Waals surface area contributed by atoms with Crippen LogP contribution in [-0.4, -0.2) is 16.1 Å². The average Bonchev–Trinajstić information content (AvgIpc) is 2.77. The van der Waals surface area contributed by atoms with Crippen LogP contribution < -0.4 is 0 Å². The minimum atomic E-state index is 0.576. The zero-order chi connectivity index (χ0) is 12.3. The highest BCUT2D eigenvalue weighted by Crippen LogP contribution is 2.28. The maximum absolute atomic E-state index is 10.6. The third-order valence-electron chi connectivity index (χ3n) is 2.56. The van der Waals surface area contributed by atoms with E-state index >= 15 is 0 Å². The van der Waals surface area contributed by atoms with Crippen LogP contribution in [0.3, 0.4) is 0 Å². The molecule has 0 radical (unpaired) electrons. The Labute approximate surface area is 105 Å². The first-order valence-electron chi connectivity index (χ1n) is 5.53. The number of aryl methyl sites for hydroxylation is 1. The van der Waals surface area contributed by atoms with Crippen molar-refractivity contribution in [1.82, 2.24) is 9.78 Å². The first-order valence-corrected chi connectivity index (χ1v) is 5.91. The molecule has 0 unspecified atom stereocenters. The third-order valence-corrected chi connectivity index (χ3v) is 2.87. The summed E-state index contributed by atoms with van der Waals surface area (Å²) in [7, 11) is 0.